The summed E-state index contributed by atoms with van der Waals surface area (Å²) in [6, 6.07) is 0. The lowest BCUT2D eigenvalue weighted by atomic mass is 10.1. The monoisotopic (exact) mass is 380 g/mol. The maximum Gasteiger partial charge on any atom is 0.0693 e. The highest BCUT2D eigenvalue weighted by Gasteiger charge is 2.18. The molecule has 0 unspecified atom stereocenters. The van der Waals surface area contributed by atoms with Crippen molar-refractivity contribution in [3.63, 3.8) is 0 Å². The number of rotatable bonds is 18. The van der Waals surface area contributed by atoms with Crippen LogP contribution in [0.15, 0.2) is 0 Å². The molecule has 0 aromatic carbocycles. The van der Waals surface area contributed by atoms with Crippen LogP contribution in [0.1, 0.15) is 90.9 Å². The Balaban J connectivity index is 3.77. The molecule has 0 bridgehead atoms. The van der Waals surface area contributed by atoms with Crippen molar-refractivity contribution in [2.24, 2.45) is 0 Å². The van der Waals surface area contributed by atoms with Gasteiger partial charge in [0.15, 0.2) is 0 Å². The van der Waals surface area contributed by atoms with E-state index in [0.717, 1.165) is 25.7 Å². The standard InChI is InChI=1S/C19H40O3S2/c1-3-5-7-9-11-13-15-23(21)18-19(17-20)24(22)16-14-12-10-8-6-4-2/h19-20H,3-18H2,1-2H3/t19-,23+,24-/m0/s1. The summed E-state index contributed by atoms with van der Waals surface area (Å²) in [6.07, 6.45) is 14.2. The first-order chi connectivity index (χ1) is 11.7. The number of unbranched alkanes of at least 4 members (excludes halogenated alkanes) is 10. The van der Waals surface area contributed by atoms with Gasteiger partial charge in [-0.1, -0.05) is 78.1 Å². The summed E-state index contributed by atoms with van der Waals surface area (Å²) in [4.78, 5) is 0. The van der Waals surface area contributed by atoms with Gasteiger partial charge in [0.1, 0.15) is 0 Å². The van der Waals surface area contributed by atoms with Gasteiger partial charge < -0.3 is 5.11 Å². The Morgan fingerprint density at radius 3 is 1.67 bits per heavy atom. The van der Waals surface area contributed by atoms with E-state index in [2.05, 4.69) is 13.8 Å². The van der Waals surface area contributed by atoms with Crippen molar-refractivity contribution in [1.29, 1.82) is 0 Å². The van der Waals surface area contributed by atoms with E-state index in [1.165, 1.54) is 51.4 Å². The third kappa shape index (κ3) is 14.6. The van der Waals surface area contributed by atoms with Crippen LogP contribution in [-0.2, 0) is 21.6 Å². The second kappa shape index (κ2) is 18.1. The molecule has 5 heteroatoms. The first kappa shape index (κ1) is 24.3. The summed E-state index contributed by atoms with van der Waals surface area (Å²) >= 11 is 0. The van der Waals surface area contributed by atoms with Gasteiger partial charge in [-0.25, -0.2) is 0 Å². The first-order valence-corrected chi connectivity index (χ1v) is 12.9. The average Bonchev–Trinajstić information content (AvgIpc) is 2.58. The summed E-state index contributed by atoms with van der Waals surface area (Å²) in [5, 5.41) is 9.16. The number of hydrogen-bond donors (Lipinski definition) is 1. The van der Waals surface area contributed by atoms with Crippen LogP contribution in [0.3, 0.4) is 0 Å². The van der Waals surface area contributed by atoms with Crippen molar-refractivity contribution in [1.82, 2.24) is 0 Å². The van der Waals surface area contributed by atoms with E-state index in [-0.39, 0.29) is 11.9 Å². The Labute approximate surface area is 155 Å². The summed E-state index contributed by atoms with van der Waals surface area (Å²) < 4.78 is 24.4. The van der Waals surface area contributed by atoms with E-state index < -0.39 is 21.6 Å². The van der Waals surface area contributed by atoms with Crippen LogP contribution in [0, 0.1) is 0 Å². The molecule has 0 spiro atoms. The maximum absolute atomic E-state index is 12.3. The van der Waals surface area contributed by atoms with Crippen molar-refractivity contribution in [3.05, 3.63) is 0 Å². The predicted molar refractivity (Wildman–Crippen MR) is 109 cm³/mol. The fourth-order valence-electron chi connectivity index (χ4n) is 2.74. The van der Waals surface area contributed by atoms with E-state index in [4.69, 9.17) is 0 Å². The Bertz CT molecular complexity index is 322. The van der Waals surface area contributed by atoms with Crippen molar-refractivity contribution >= 4 is 21.6 Å². The van der Waals surface area contributed by atoms with Crippen molar-refractivity contribution < 1.29 is 13.5 Å². The fraction of sp³-hybridized carbons (Fsp3) is 1.00. The van der Waals surface area contributed by atoms with Gasteiger partial charge in [0.2, 0.25) is 0 Å². The zero-order valence-electron chi connectivity index (χ0n) is 16.0. The zero-order chi connectivity index (χ0) is 18.0. The number of aliphatic hydroxyl groups excluding tert-OH is 1. The van der Waals surface area contributed by atoms with Gasteiger partial charge in [0.25, 0.3) is 0 Å². The van der Waals surface area contributed by atoms with Crippen LogP contribution >= 0.6 is 0 Å². The van der Waals surface area contributed by atoms with Crippen LogP contribution in [-0.4, -0.2) is 42.6 Å². The van der Waals surface area contributed by atoms with Crippen molar-refractivity contribution in [2.45, 2.75) is 96.1 Å². The SMILES string of the molecule is CCCCCCCC[S@@](=O)C[C@H](CO)[S@@](=O)CCCCCCCC. The molecular weight excluding hydrogens is 340 g/mol. The highest BCUT2D eigenvalue weighted by atomic mass is 32.2. The Morgan fingerprint density at radius 2 is 1.17 bits per heavy atom. The minimum atomic E-state index is -1.04. The summed E-state index contributed by atoms with van der Waals surface area (Å²) in [7, 11) is -1.98. The lowest BCUT2D eigenvalue weighted by Crippen LogP contribution is -2.29. The van der Waals surface area contributed by atoms with E-state index in [9.17, 15) is 13.5 Å². The molecule has 0 fully saturated rings. The molecule has 0 rings (SSSR count). The lowest BCUT2D eigenvalue weighted by Gasteiger charge is -2.13. The highest BCUT2D eigenvalue weighted by molar-refractivity contribution is 7.89. The van der Waals surface area contributed by atoms with Crippen LogP contribution in [0.25, 0.3) is 0 Å². The Kier molecular flexibility index (Phi) is 18.3. The van der Waals surface area contributed by atoms with Gasteiger partial charge in [-0.15, -0.1) is 0 Å². The Morgan fingerprint density at radius 1 is 0.708 bits per heavy atom. The van der Waals surface area contributed by atoms with Crippen LogP contribution in [0.5, 0.6) is 0 Å². The molecule has 0 aliphatic rings. The molecule has 0 aliphatic heterocycles. The third-order valence-electron chi connectivity index (χ3n) is 4.37. The van der Waals surface area contributed by atoms with Crippen molar-refractivity contribution in [2.75, 3.05) is 23.9 Å². The molecule has 0 amide bonds. The summed E-state index contributed by atoms with van der Waals surface area (Å²) in [5.74, 6) is 1.73. The molecule has 3 atom stereocenters. The first-order valence-electron chi connectivity index (χ1n) is 9.98. The topological polar surface area (TPSA) is 54.4 Å². The minimum absolute atomic E-state index is 0.106. The van der Waals surface area contributed by atoms with Gasteiger partial charge >= 0.3 is 0 Å². The minimum Gasteiger partial charge on any atom is -0.395 e. The largest absolute Gasteiger partial charge is 0.395 e. The molecule has 0 aromatic rings. The van der Waals surface area contributed by atoms with Crippen LogP contribution in [0.4, 0.5) is 0 Å². The summed E-state index contributed by atoms with van der Waals surface area (Å²) in [5.41, 5.74) is 0. The van der Waals surface area contributed by atoms with Gasteiger partial charge in [-0.2, -0.15) is 0 Å². The zero-order valence-corrected chi connectivity index (χ0v) is 17.6. The summed E-state index contributed by atoms with van der Waals surface area (Å²) in [6.45, 7) is 4.30. The third-order valence-corrected chi connectivity index (χ3v) is 7.85. The molecular formula is C19H40O3S2. The highest BCUT2D eigenvalue weighted by Crippen LogP contribution is 2.10. The van der Waals surface area contributed by atoms with Gasteiger partial charge in [-0.3, -0.25) is 8.42 Å². The number of hydrogen-bond acceptors (Lipinski definition) is 3. The molecule has 0 saturated heterocycles. The van der Waals surface area contributed by atoms with E-state index in [1.54, 1.807) is 0 Å². The molecule has 0 aliphatic carbocycles. The smallest absolute Gasteiger partial charge is 0.0693 e. The van der Waals surface area contributed by atoms with Crippen LogP contribution in [0.2, 0.25) is 0 Å². The Hall–Kier alpha value is 0.260. The van der Waals surface area contributed by atoms with E-state index in [1.807, 2.05) is 0 Å². The molecule has 146 valence electrons. The normalized spacial score (nSPS) is 15.3. The second-order valence-electron chi connectivity index (χ2n) is 6.74. The van der Waals surface area contributed by atoms with Gasteiger partial charge in [-0.05, 0) is 12.8 Å². The fourth-order valence-corrected chi connectivity index (χ4v) is 6.00. The number of aliphatic hydroxyl groups is 1. The lowest BCUT2D eigenvalue weighted by molar-refractivity contribution is 0.299. The van der Waals surface area contributed by atoms with E-state index >= 15 is 0 Å². The quantitative estimate of drug-likeness (QED) is 0.354. The molecule has 1 N–H and O–H groups in total. The molecule has 3 nitrogen and oxygen atoms in total. The van der Waals surface area contributed by atoms with Crippen molar-refractivity contribution in [3.8, 4) is 0 Å². The predicted octanol–water partition coefficient (Wildman–Crippen LogP) is 4.57. The molecule has 0 aromatic heterocycles. The molecule has 0 heterocycles. The maximum atomic E-state index is 12.3. The van der Waals surface area contributed by atoms with Gasteiger partial charge in [0.05, 0.1) is 11.9 Å². The second-order valence-corrected chi connectivity index (χ2v) is 10.2. The van der Waals surface area contributed by atoms with E-state index in [0.29, 0.717) is 17.3 Å². The molecule has 24 heavy (non-hydrogen) atoms. The average molecular weight is 381 g/mol. The van der Waals surface area contributed by atoms with Crippen LogP contribution < -0.4 is 0 Å². The molecule has 0 radical (unpaired) electrons. The van der Waals surface area contributed by atoms with Gasteiger partial charge in [0, 0.05) is 38.9 Å². The molecule has 0 saturated carbocycles.